The maximum atomic E-state index is 13.2. The first kappa shape index (κ1) is 29.3. The first-order chi connectivity index (χ1) is 19.7. The number of halogens is 1. The average molecular weight is 561 g/mol. The van der Waals surface area contributed by atoms with Gasteiger partial charge >= 0.3 is 5.97 Å². The summed E-state index contributed by atoms with van der Waals surface area (Å²) in [6, 6.07) is 17.9. The van der Waals surface area contributed by atoms with E-state index in [1.807, 2.05) is 25.1 Å². The van der Waals surface area contributed by atoms with Gasteiger partial charge < -0.3 is 29.4 Å². The number of allylic oxidation sites excluding steroid dienone is 1. The molecule has 0 saturated carbocycles. The van der Waals surface area contributed by atoms with Crippen molar-refractivity contribution in [3.05, 3.63) is 89.1 Å². The van der Waals surface area contributed by atoms with Crippen LogP contribution in [-0.2, 0) is 4.79 Å². The van der Waals surface area contributed by atoms with Gasteiger partial charge in [0.15, 0.2) is 17.6 Å². The Labute approximate surface area is 239 Å². The zero-order chi connectivity index (χ0) is 29.5. The van der Waals surface area contributed by atoms with E-state index in [2.05, 4.69) is 19.9 Å². The third-order valence-electron chi connectivity index (χ3n) is 6.42. The Bertz CT molecular complexity index is 1460. The highest BCUT2D eigenvalue weighted by molar-refractivity contribution is 5.77. The number of hydrogen-bond donors (Lipinski definition) is 1. The molecule has 0 aromatic heterocycles. The van der Waals surface area contributed by atoms with Crippen molar-refractivity contribution >= 4 is 5.97 Å². The van der Waals surface area contributed by atoms with Crippen LogP contribution in [-0.4, -0.2) is 25.3 Å². The number of benzene rings is 3. The van der Waals surface area contributed by atoms with Crippen molar-refractivity contribution in [2.24, 2.45) is 11.7 Å². The van der Waals surface area contributed by atoms with E-state index in [0.29, 0.717) is 47.7 Å². The molecule has 1 aliphatic heterocycles. The quantitative estimate of drug-likeness (QED) is 0.217. The highest BCUT2D eigenvalue weighted by Gasteiger charge is 2.32. The van der Waals surface area contributed by atoms with Crippen molar-refractivity contribution in [2.75, 3.05) is 13.2 Å². The van der Waals surface area contributed by atoms with Gasteiger partial charge in [-0.05, 0) is 74.2 Å². The van der Waals surface area contributed by atoms with E-state index < -0.39 is 23.8 Å². The molecule has 2 N–H and O–H groups in total. The highest BCUT2D eigenvalue weighted by atomic mass is 19.1. The molecular weight excluding hydrogens is 527 g/mol. The fourth-order valence-corrected chi connectivity index (χ4v) is 4.30. The third-order valence-corrected chi connectivity index (χ3v) is 6.42. The smallest absolute Gasteiger partial charge is 0.352 e. The van der Waals surface area contributed by atoms with Crippen LogP contribution >= 0.6 is 0 Å². The molecule has 8 nitrogen and oxygen atoms in total. The van der Waals surface area contributed by atoms with Crippen molar-refractivity contribution in [3.8, 4) is 34.8 Å². The van der Waals surface area contributed by atoms with Crippen LogP contribution in [0.2, 0.25) is 0 Å². The summed E-state index contributed by atoms with van der Waals surface area (Å²) in [6.45, 7) is 8.68. The van der Waals surface area contributed by atoms with Crippen molar-refractivity contribution in [3.63, 3.8) is 0 Å². The molecule has 3 aromatic rings. The van der Waals surface area contributed by atoms with Crippen LogP contribution in [0, 0.1) is 23.1 Å². The van der Waals surface area contributed by atoms with Gasteiger partial charge in [-0.2, -0.15) is 5.26 Å². The third kappa shape index (κ3) is 7.09. The van der Waals surface area contributed by atoms with E-state index in [9.17, 15) is 14.4 Å². The number of rotatable bonds is 11. The number of esters is 1. The normalized spacial score (nSPS) is 14.9. The predicted octanol–water partition coefficient (Wildman–Crippen LogP) is 6.24. The average Bonchev–Trinajstić information content (AvgIpc) is 2.94. The number of hydrogen-bond acceptors (Lipinski definition) is 8. The fraction of sp³-hybridized carbons (Fsp3) is 0.312. The van der Waals surface area contributed by atoms with Gasteiger partial charge in [0.25, 0.3) is 0 Å². The topological polar surface area (TPSA) is 113 Å². The number of carbonyl (C=O) groups is 1. The molecule has 0 spiro atoms. The number of fused-ring (bicyclic) bond motifs is 1. The molecule has 2 atom stereocenters. The molecule has 9 heteroatoms. The molecule has 0 fully saturated rings. The van der Waals surface area contributed by atoms with E-state index in [-0.39, 0.29) is 17.2 Å². The van der Waals surface area contributed by atoms with Crippen LogP contribution in [0.5, 0.6) is 28.7 Å². The van der Waals surface area contributed by atoms with E-state index in [4.69, 9.17) is 29.4 Å². The van der Waals surface area contributed by atoms with Gasteiger partial charge in [-0.3, -0.25) is 0 Å². The Morgan fingerprint density at radius 2 is 1.76 bits per heavy atom. The van der Waals surface area contributed by atoms with Gasteiger partial charge in [0, 0.05) is 11.6 Å². The molecule has 3 aromatic carbocycles. The molecular formula is C32H33FN2O6. The number of nitrogens with zero attached hydrogens (tertiary/aromatic N) is 1. The van der Waals surface area contributed by atoms with Gasteiger partial charge in [-0.1, -0.05) is 26.0 Å². The van der Waals surface area contributed by atoms with Gasteiger partial charge in [0.2, 0.25) is 5.88 Å². The molecule has 0 aliphatic carbocycles. The van der Waals surface area contributed by atoms with Gasteiger partial charge in [0.05, 0.1) is 19.1 Å². The lowest BCUT2D eigenvalue weighted by Crippen LogP contribution is -2.28. The summed E-state index contributed by atoms with van der Waals surface area (Å²) >= 11 is 0. The minimum absolute atomic E-state index is 0.0447. The largest absolute Gasteiger partial charge is 0.490 e. The molecule has 2 unspecified atom stereocenters. The highest BCUT2D eigenvalue weighted by Crippen LogP contribution is 2.45. The van der Waals surface area contributed by atoms with Crippen LogP contribution in [0.1, 0.15) is 51.2 Å². The first-order valence-corrected chi connectivity index (χ1v) is 13.4. The van der Waals surface area contributed by atoms with Gasteiger partial charge in [-0.25, -0.2) is 9.18 Å². The zero-order valence-electron chi connectivity index (χ0n) is 23.5. The standard InChI is InChI=1S/C32H33FN2O6/c1-5-37-29-16-21(6-13-27(29)38-15-14-19(2)3)30-25-12-11-24(17-28(25)41-31(35)26(30)18-34)40-32(36)20(4)39-23-9-7-22(33)8-10-23/h6-13,16-17,19-20,30H,5,14-15,35H2,1-4H3. The molecule has 1 aliphatic rings. The second-order valence-electron chi connectivity index (χ2n) is 9.93. The molecule has 0 amide bonds. The van der Waals surface area contributed by atoms with E-state index in [1.54, 1.807) is 18.2 Å². The molecule has 41 heavy (non-hydrogen) atoms. The van der Waals surface area contributed by atoms with Crippen LogP contribution in [0.25, 0.3) is 0 Å². The second kappa shape index (κ2) is 13.1. The van der Waals surface area contributed by atoms with Crippen LogP contribution < -0.4 is 29.4 Å². The molecule has 0 radical (unpaired) electrons. The Morgan fingerprint density at radius 1 is 1.02 bits per heavy atom. The maximum absolute atomic E-state index is 13.2. The van der Waals surface area contributed by atoms with Crippen molar-refractivity contribution < 1.29 is 32.9 Å². The lowest BCUT2D eigenvalue weighted by atomic mass is 9.83. The van der Waals surface area contributed by atoms with Crippen molar-refractivity contribution in [2.45, 2.75) is 46.1 Å². The lowest BCUT2D eigenvalue weighted by molar-refractivity contribution is -0.141. The monoisotopic (exact) mass is 560 g/mol. The summed E-state index contributed by atoms with van der Waals surface area (Å²) < 4.78 is 41.8. The summed E-state index contributed by atoms with van der Waals surface area (Å²) in [5.74, 6) is 0.927. The lowest BCUT2D eigenvalue weighted by Gasteiger charge is -2.27. The Balaban J connectivity index is 1.58. The summed E-state index contributed by atoms with van der Waals surface area (Å²) in [5, 5.41) is 9.96. The van der Waals surface area contributed by atoms with E-state index in [1.165, 1.54) is 31.2 Å². The van der Waals surface area contributed by atoms with Crippen LogP contribution in [0.15, 0.2) is 72.1 Å². The van der Waals surface area contributed by atoms with Crippen LogP contribution in [0.4, 0.5) is 4.39 Å². The Kier molecular flexibility index (Phi) is 9.35. The molecule has 1 heterocycles. The second-order valence-corrected chi connectivity index (χ2v) is 9.93. The maximum Gasteiger partial charge on any atom is 0.352 e. The number of carbonyl (C=O) groups excluding carboxylic acids is 1. The predicted molar refractivity (Wildman–Crippen MR) is 150 cm³/mol. The number of nitriles is 1. The summed E-state index contributed by atoms with van der Waals surface area (Å²) in [7, 11) is 0. The molecule has 0 bridgehead atoms. The minimum atomic E-state index is -0.960. The Hall–Kier alpha value is -4.71. The van der Waals surface area contributed by atoms with Crippen molar-refractivity contribution in [1.29, 1.82) is 5.26 Å². The number of nitrogens with two attached hydrogens (primary N) is 1. The van der Waals surface area contributed by atoms with Crippen molar-refractivity contribution in [1.82, 2.24) is 0 Å². The van der Waals surface area contributed by atoms with Crippen LogP contribution in [0.3, 0.4) is 0 Å². The minimum Gasteiger partial charge on any atom is -0.490 e. The van der Waals surface area contributed by atoms with E-state index in [0.717, 1.165) is 12.0 Å². The van der Waals surface area contributed by atoms with Gasteiger partial charge in [-0.15, -0.1) is 0 Å². The zero-order valence-corrected chi connectivity index (χ0v) is 23.5. The Morgan fingerprint density at radius 3 is 2.44 bits per heavy atom. The molecule has 4 rings (SSSR count). The fourth-order valence-electron chi connectivity index (χ4n) is 4.30. The van der Waals surface area contributed by atoms with E-state index >= 15 is 0 Å². The summed E-state index contributed by atoms with van der Waals surface area (Å²) in [5.41, 5.74) is 7.86. The summed E-state index contributed by atoms with van der Waals surface area (Å²) in [6.07, 6.45) is -0.0543. The molecule has 0 saturated heterocycles. The van der Waals surface area contributed by atoms with Gasteiger partial charge in [0.1, 0.15) is 34.7 Å². The summed E-state index contributed by atoms with van der Waals surface area (Å²) in [4.78, 5) is 12.7. The SMILES string of the molecule is CCOc1cc(C2C(C#N)=C(N)Oc3cc(OC(=O)C(C)Oc4ccc(F)cc4)ccc32)ccc1OCCC(C)C. The molecule has 214 valence electrons. The number of ether oxygens (including phenoxy) is 5. The first-order valence-electron chi connectivity index (χ1n) is 13.4.